The molecule has 0 radical (unpaired) electrons. The lowest BCUT2D eigenvalue weighted by molar-refractivity contribution is 0.0935. The summed E-state index contributed by atoms with van der Waals surface area (Å²) in [4.78, 5) is 12.1. The summed E-state index contributed by atoms with van der Waals surface area (Å²) < 4.78 is 36.4. The second-order valence-corrected chi connectivity index (χ2v) is 8.37. The maximum Gasteiger partial charge on any atom is 0.272 e. The molecule has 0 aliphatic carbocycles. The molecular formula is C17H19FN4O3S. The van der Waals surface area contributed by atoms with E-state index < -0.39 is 15.7 Å². The van der Waals surface area contributed by atoms with Crippen molar-refractivity contribution >= 4 is 21.6 Å². The number of anilines is 1. The molecule has 3 rings (SSSR count). The van der Waals surface area contributed by atoms with Crippen molar-refractivity contribution in [3.63, 3.8) is 0 Å². The van der Waals surface area contributed by atoms with Crippen LogP contribution in [0.3, 0.4) is 0 Å². The van der Waals surface area contributed by atoms with E-state index >= 15 is 0 Å². The Balaban J connectivity index is 1.50. The molecule has 2 heterocycles. The third kappa shape index (κ3) is 4.75. The molecule has 0 saturated carbocycles. The van der Waals surface area contributed by atoms with E-state index in [0.29, 0.717) is 30.8 Å². The summed E-state index contributed by atoms with van der Waals surface area (Å²) in [6, 6.07) is 9.29. The molecule has 1 saturated heterocycles. The van der Waals surface area contributed by atoms with Gasteiger partial charge < -0.3 is 10.6 Å². The van der Waals surface area contributed by atoms with Crippen molar-refractivity contribution in [2.45, 2.75) is 18.9 Å². The maximum absolute atomic E-state index is 13.5. The van der Waals surface area contributed by atoms with Gasteiger partial charge in [-0.05, 0) is 36.6 Å². The fourth-order valence-corrected chi connectivity index (χ4v) is 4.42. The number of sulfone groups is 1. The summed E-state index contributed by atoms with van der Waals surface area (Å²) in [6.07, 6.45) is 0.907. The molecule has 1 atom stereocenters. The monoisotopic (exact) mass is 378 g/mol. The topological polar surface area (TPSA) is 101 Å². The number of carbonyl (C=O) groups is 1. The number of halogens is 1. The minimum atomic E-state index is -3.05. The third-order valence-corrected chi connectivity index (χ3v) is 5.89. The van der Waals surface area contributed by atoms with Gasteiger partial charge in [0, 0.05) is 12.6 Å². The molecule has 26 heavy (non-hydrogen) atoms. The zero-order chi connectivity index (χ0) is 18.6. The van der Waals surface area contributed by atoms with Gasteiger partial charge >= 0.3 is 0 Å². The summed E-state index contributed by atoms with van der Waals surface area (Å²) in [5.74, 6) is -0.170. The lowest BCUT2D eigenvalue weighted by Crippen LogP contribution is -2.36. The molecule has 0 bridgehead atoms. The summed E-state index contributed by atoms with van der Waals surface area (Å²) >= 11 is 0. The quantitative estimate of drug-likeness (QED) is 0.783. The van der Waals surface area contributed by atoms with Crippen LogP contribution in [0.25, 0.3) is 0 Å². The van der Waals surface area contributed by atoms with Gasteiger partial charge in [0.2, 0.25) is 0 Å². The number of amides is 1. The Morgan fingerprint density at radius 3 is 2.65 bits per heavy atom. The number of carbonyl (C=O) groups excluding carboxylic acids is 1. The van der Waals surface area contributed by atoms with Crippen molar-refractivity contribution in [2.75, 3.05) is 23.4 Å². The highest BCUT2D eigenvalue weighted by Crippen LogP contribution is 2.12. The number of nitrogens with zero attached hydrogens (tertiary/aromatic N) is 2. The second-order valence-electron chi connectivity index (χ2n) is 6.15. The number of rotatable bonds is 6. The molecule has 2 N–H and O–H groups in total. The number of benzene rings is 1. The van der Waals surface area contributed by atoms with E-state index in [-0.39, 0.29) is 29.1 Å². The van der Waals surface area contributed by atoms with Gasteiger partial charge in [-0.15, -0.1) is 10.2 Å². The van der Waals surface area contributed by atoms with E-state index in [0.717, 1.165) is 0 Å². The van der Waals surface area contributed by atoms with Gasteiger partial charge in [0.1, 0.15) is 11.6 Å². The molecule has 1 aliphatic heterocycles. The van der Waals surface area contributed by atoms with Crippen LogP contribution in [-0.2, 0) is 16.3 Å². The van der Waals surface area contributed by atoms with Crippen LogP contribution < -0.4 is 10.6 Å². The fraction of sp³-hybridized carbons (Fsp3) is 0.353. The van der Waals surface area contributed by atoms with Gasteiger partial charge in [-0.25, -0.2) is 12.8 Å². The van der Waals surface area contributed by atoms with E-state index in [1.54, 1.807) is 24.3 Å². The first-order valence-corrected chi connectivity index (χ1v) is 10.1. The molecule has 0 spiro atoms. The molecule has 9 heteroatoms. The average molecular weight is 378 g/mol. The lowest BCUT2D eigenvalue weighted by Gasteiger charge is -2.10. The van der Waals surface area contributed by atoms with Crippen molar-refractivity contribution in [3.05, 3.63) is 53.5 Å². The van der Waals surface area contributed by atoms with Crippen molar-refractivity contribution < 1.29 is 17.6 Å². The number of aromatic nitrogens is 2. The van der Waals surface area contributed by atoms with Crippen molar-refractivity contribution in [2.24, 2.45) is 0 Å². The first-order valence-electron chi connectivity index (χ1n) is 8.25. The van der Waals surface area contributed by atoms with Crippen molar-refractivity contribution in [1.82, 2.24) is 15.5 Å². The van der Waals surface area contributed by atoms with Crippen LogP contribution in [0.4, 0.5) is 10.2 Å². The summed E-state index contributed by atoms with van der Waals surface area (Å²) in [7, 11) is -3.05. The maximum atomic E-state index is 13.5. The van der Waals surface area contributed by atoms with Gasteiger partial charge in [-0.3, -0.25) is 4.79 Å². The minimum Gasteiger partial charge on any atom is -0.368 e. The van der Waals surface area contributed by atoms with Crippen LogP contribution in [0.15, 0.2) is 36.4 Å². The van der Waals surface area contributed by atoms with Crippen molar-refractivity contribution in [1.29, 1.82) is 0 Å². The molecule has 1 aromatic heterocycles. The Hall–Kier alpha value is -2.55. The summed E-state index contributed by atoms with van der Waals surface area (Å²) in [5.41, 5.74) is 0.726. The predicted octanol–water partition coefficient (Wildman–Crippen LogP) is 1.19. The fourth-order valence-electron chi connectivity index (χ4n) is 2.74. The molecule has 138 valence electrons. The van der Waals surface area contributed by atoms with E-state index in [4.69, 9.17) is 0 Å². The highest BCUT2D eigenvalue weighted by molar-refractivity contribution is 7.91. The number of hydrogen-bond acceptors (Lipinski definition) is 6. The smallest absolute Gasteiger partial charge is 0.272 e. The highest BCUT2D eigenvalue weighted by atomic mass is 32.2. The average Bonchev–Trinajstić information content (AvgIpc) is 2.95. The van der Waals surface area contributed by atoms with Gasteiger partial charge in [0.25, 0.3) is 5.91 Å². The summed E-state index contributed by atoms with van der Waals surface area (Å²) in [6.45, 7) is 0.473. The van der Waals surface area contributed by atoms with Crippen LogP contribution in [-0.4, -0.2) is 48.6 Å². The Kier molecular flexibility index (Phi) is 5.46. The molecule has 7 nitrogen and oxygen atoms in total. The van der Waals surface area contributed by atoms with Crippen LogP contribution in [0.2, 0.25) is 0 Å². The first kappa shape index (κ1) is 18.2. The molecular weight excluding hydrogens is 359 g/mol. The molecule has 1 aromatic carbocycles. The van der Waals surface area contributed by atoms with E-state index in [1.807, 2.05) is 0 Å². The van der Waals surface area contributed by atoms with Crippen molar-refractivity contribution in [3.8, 4) is 0 Å². The van der Waals surface area contributed by atoms with Crippen LogP contribution in [0, 0.1) is 5.82 Å². The summed E-state index contributed by atoms with van der Waals surface area (Å²) in [5, 5.41) is 13.5. The van der Waals surface area contributed by atoms with E-state index in [9.17, 15) is 17.6 Å². The normalized spacial score (nSPS) is 18.4. The molecule has 1 unspecified atom stereocenters. The Bertz CT molecular complexity index is 887. The second kappa shape index (κ2) is 7.77. The minimum absolute atomic E-state index is 0.0398. The first-order chi connectivity index (χ1) is 12.4. The van der Waals surface area contributed by atoms with Gasteiger partial charge in [-0.1, -0.05) is 18.2 Å². The van der Waals surface area contributed by atoms with Crippen LogP contribution in [0.5, 0.6) is 0 Å². The molecule has 1 aliphatic rings. The Morgan fingerprint density at radius 2 is 2.00 bits per heavy atom. The van der Waals surface area contributed by atoms with Crippen LogP contribution in [0.1, 0.15) is 22.5 Å². The standard InChI is InChI=1S/C17H19FN4O3S/c18-14-4-2-1-3-12(14)7-9-19-16-6-5-15(21-22-16)17(23)20-13-8-10-26(24,25)11-13/h1-6,13H,7-11H2,(H,19,22)(H,20,23). The van der Waals surface area contributed by atoms with Gasteiger partial charge in [0.05, 0.1) is 11.5 Å². The highest BCUT2D eigenvalue weighted by Gasteiger charge is 2.29. The SMILES string of the molecule is O=C(NC1CCS(=O)(=O)C1)c1ccc(NCCc2ccccc2F)nn1. The Morgan fingerprint density at radius 1 is 1.19 bits per heavy atom. The van der Waals surface area contributed by atoms with Gasteiger partial charge in [-0.2, -0.15) is 0 Å². The Labute approximate surface area is 150 Å². The lowest BCUT2D eigenvalue weighted by atomic mass is 10.1. The largest absolute Gasteiger partial charge is 0.368 e. The van der Waals surface area contributed by atoms with E-state index in [2.05, 4.69) is 20.8 Å². The van der Waals surface area contributed by atoms with Crippen LogP contribution >= 0.6 is 0 Å². The van der Waals surface area contributed by atoms with Gasteiger partial charge in [0.15, 0.2) is 15.5 Å². The molecule has 1 fully saturated rings. The third-order valence-electron chi connectivity index (χ3n) is 4.12. The molecule has 1 amide bonds. The zero-order valence-electron chi connectivity index (χ0n) is 14.0. The number of hydrogen-bond donors (Lipinski definition) is 2. The molecule has 2 aromatic rings. The number of nitrogens with one attached hydrogen (secondary N) is 2. The van der Waals surface area contributed by atoms with E-state index in [1.165, 1.54) is 12.1 Å². The predicted molar refractivity (Wildman–Crippen MR) is 95.2 cm³/mol. The zero-order valence-corrected chi connectivity index (χ0v) is 14.8.